The fraction of sp³-hybridized carbons (Fsp3) is 0.714. The molecule has 3 N–H and O–H groups in total. The summed E-state index contributed by atoms with van der Waals surface area (Å²) in [4.78, 5) is 16.6. The summed E-state index contributed by atoms with van der Waals surface area (Å²) in [7, 11) is 0. The lowest BCUT2D eigenvalue weighted by atomic mass is 9.96. The number of carbonyl (C=O) groups is 1. The van der Waals surface area contributed by atoms with E-state index in [1.165, 1.54) is 0 Å². The minimum atomic E-state index is 0.00372. The minimum absolute atomic E-state index is 0.00372. The van der Waals surface area contributed by atoms with Crippen LogP contribution in [0.1, 0.15) is 23.3 Å². The van der Waals surface area contributed by atoms with E-state index < -0.39 is 0 Å². The van der Waals surface area contributed by atoms with E-state index >= 15 is 0 Å². The number of nitrogens with zero attached hydrogens (tertiary/aromatic N) is 3. The van der Waals surface area contributed by atoms with Gasteiger partial charge < -0.3 is 15.4 Å². The zero-order valence-electron chi connectivity index (χ0n) is 12.3. The molecular weight excluding hydrogens is 270 g/mol. The first kappa shape index (κ1) is 14.3. The van der Waals surface area contributed by atoms with Gasteiger partial charge in [-0.3, -0.25) is 14.8 Å². The Hall–Kier alpha value is -1.60. The number of aromatic nitrogens is 2. The van der Waals surface area contributed by atoms with Crippen molar-refractivity contribution in [3.8, 4) is 0 Å². The van der Waals surface area contributed by atoms with Gasteiger partial charge in [0.1, 0.15) is 11.5 Å². The average molecular weight is 293 g/mol. The van der Waals surface area contributed by atoms with E-state index in [4.69, 9.17) is 10.5 Å². The Morgan fingerprint density at radius 3 is 2.67 bits per heavy atom. The first-order valence-electron chi connectivity index (χ1n) is 7.62. The summed E-state index contributed by atoms with van der Waals surface area (Å²) in [5.74, 6) is 1.04. The fourth-order valence-corrected chi connectivity index (χ4v) is 3.08. The van der Waals surface area contributed by atoms with Crippen molar-refractivity contribution in [1.29, 1.82) is 0 Å². The van der Waals surface area contributed by atoms with Crippen molar-refractivity contribution in [3.63, 3.8) is 0 Å². The molecule has 0 aliphatic carbocycles. The molecule has 0 atom stereocenters. The molecule has 116 valence electrons. The number of anilines is 1. The molecule has 0 radical (unpaired) electrons. The molecule has 0 saturated carbocycles. The number of nitrogens with two attached hydrogens (primary N) is 1. The van der Waals surface area contributed by atoms with Crippen molar-refractivity contribution in [2.45, 2.75) is 12.8 Å². The van der Waals surface area contributed by atoms with E-state index in [0.717, 1.165) is 58.8 Å². The number of piperidine rings is 1. The van der Waals surface area contributed by atoms with Gasteiger partial charge in [-0.1, -0.05) is 0 Å². The van der Waals surface area contributed by atoms with Gasteiger partial charge in [-0.15, -0.1) is 0 Å². The van der Waals surface area contributed by atoms with Crippen molar-refractivity contribution >= 4 is 11.7 Å². The van der Waals surface area contributed by atoms with Crippen LogP contribution in [-0.4, -0.2) is 71.8 Å². The molecule has 0 unspecified atom stereocenters. The lowest BCUT2D eigenvalue weighted by Gasteiger charge is -2.35. The molecule has 1 amide bonds. The Bertz CT molecular complexity index is 475. The molecule has 7 heteroatoms. The van der Waals surface area contributed by atoms with Crippen molar-refractivity contribution in [3.05, 3.63) is 11.8 Å². The van der Waals surface area contributed by atoms with Crippen LogP contribution in [0.5, 0.6) is 0 Å². The number of H-pyrrole nitrogens is 1. The van der Waals surface area contributed by atoms with Gasteiger partial charge in [0, 0.05) is 38.8 Å². The lowest BCUT2D eigenvalue weighted by molar-refractivity contribution is 0.0242. The quantitative estimate of drug-likeness (QED) is 0.830. The smallest absolute Gasteiger partial charge is 0.271 e. The van der Waals surface area contributed by atoms with E-state index in [1.54, 1.807) is 6.07 Å². The Morgan fingerprint density at radius 1 is 1.33 bits per heavy atom. The maximum Gasteiger partial charge on any atom is 0.271 e. The van der Waals surface area contributed by atoms with Gasteiger partial charge in [0.15, 0.2) is 0 Å². The molecule has 7 nitrogen and oxygen atoms in total. The second-order valence-electron chi connectivity index (χ2n) is 5.86. The molecule has 21 heavy (non-hydrogen) atoms. The molecule has 3 heterocycles. The van der Waals surface area contributed by atoms with Crippen molar-refractivity contribution in [1.82, 2.24) is 20.0 Å². The standard InChI is InChI=1S/C14H23N5O2/c15-13-9-12(16-17-13)14(20)19-3-1-11(2-4-19)10-18-5-7-21-8-6-18/h9,11H,1-8,10H2,(H3,15,16,17). The Kier molecular flexibility index (Phi) is 4.40. The zero-order valence-corrected chi connectivity index (χ0v) is 12.3. The van der Waals surface area contributed by atoms with E-state index in [2.05, 4.69) is 15.1 Å². The average Bonchev–Trinajstić information content (AvgIpc) is 2.95. The summed E-state index contributed by atoms with van der Waals surface area (Å²) in [6.45, 7) is 6.51. The first-order chi connectivity index (χ1) is 10.2. The second kappa shape index (κ2) is 6.44. The van der Waals surface area contributed by atoms with E-state index in [1.807, 2.05) is 4.90 Å². The number of ether oxygens (including phenoxy) is 1. The highest BCUT2D eigenvalue weighted by Gasteiger charge is 2.26. The van der Waals surface area contributed by atoms with Gasteiger partial charge in [-0.05, 0) is 18.8 Å². The van der Waals surface area contributed by atoms with Crippen LogP contribution < -0.4 is 5.73 Å². The molecular formula is C14H23N5O2. The van der Waals surface area contributed by atoms with Crippen molar-refractivity contribution < 1.29 is 9.53 Å². The maximum absolute atomic E-state index is 12.3. The third-order valence-electron chi connectivity index (χ3n) is 4.35. The number of nitrogens with one attached hydrogen (secondary N) is 1. The third-order valence-corrected chi connectivity index (χ3v) is 4.35. The lowest BCUT2D eigenvalue weighted by Crippen LogP contribution is -2.44. The van der Waals surface area contributed by atoms with Crippen LogP contribution in [0.3, 0.4) is 0 Å². The number of amides is 1. The highest BCUT2D eigenvalue weighted by atomic mass is 16.5. The van der Waals surface area contributed by atoms with Crippen molar-refractivity contribution in [2.75, 3.05) is 51.7 Å². The zero-order chi connectivity index (χ0) is 14.7. The number of hydrogen-bond donors (Lipinski definition) is 2. The highest BCUT2D eigenvalue weighted by Crippen LogP contribution is 2.20. The molecule has 0 bridgehead atoms. The molecule has 2 aliphatic heterocycles. The third kappa shape index (κ3) is 3.54. The number of likely N-dealkylation sites (tertiary alicyclic amines) is 1. The summed E-state index contributed by atoms with van der Waals surface area (Å²) >= 11 is 0. The molecule has 0 spiro atoms. The number of rotatable bonds is 3. The summed E-state index contributed by atoms with van der Waals surface area (Å²) in [5, 5.41) is 6.50. The van der Waals surface area contributed by atoms with Crippen LogP contribution >= 0.6 is 0 Å². The van der Waals surface area contributed by atoms with Gasteiger partial charge in [0.25, 0.3) is 5.91 Å². The van der Waals surface area contributed by atoms with Gasteiger partial charge in [0.05, 0.1) is 13.2 Å². The minimum Gasteiger partial charge on any atom is -0.382 e. The van der Waals surface area contributed by atoms with Crippen LogP contribution in [0.4, 0.5) is 5.82 Å². The predicted molar refractivity (Wildman–Crippen MR) is 78.9 cm³/mol. The molecule has 1 aromatic heterocycles. The number of nitrogen functional groups attached to an aromatic ring is 1. The second-order valence-corrected chi connectivity index (χ2v) is 5.86. The molecule has 2 saturated heterocycles. The number of aromatic amines is 1. The first-order valence-corrected chi connectivity index (χ1v) is 7.62. The largest absolute Gasteiger partial charge is 0.382 e. The molecule has 1 aromatic rings. The molecule has 3 rings (SSSR count). The maximum atomic E-state index is 12.3. The van der Waals surface area contributed by atoms with Crippen LogP contribution in [0.2, 0.25) is 0 Å². The Labute approximate surface area is 124 Å². The number of morpholine rings is 1. The van der Waals surface area contributed by atoms with Gasteiger partial charge in [-0.2, -0.15) is 5.10 Å². The van der Waals surface area contributed by atoms with Gasteiger partial charge in [0.2, 0.25) is 0 Å². The fourth-order valence-electron chi connectivity index (χ4n) is 3.08. The van der Waals surface area contributed by atoms with Gasteiger partial charge in [-0.25, -0.2) is 0 Å². The van der Waals surface area contributed by atoms with Gasteiger partial charge >= 0.3 is 0 Å². The summed E-state index contributed by atoms with van der Waals surface area (Å²) in [6, 6.07) is 1.60. The van der Waals surface area contributed by atoms with Crippen molar-refractivity contribution in [2.24, 2.45) is 5.92 Å². The summed E-state index contributed by atoms with van der Waals surface area (Å²) < 4.78 is 5.37. The van der Waals surface area contributed by atoms with E-state index in [0.29, 0.717) is 17.4 Å². The summed E-state index contributed by atoms with van der Waals surface area (Å²) in [6.07, 6.45) is 2.12. The van der Waals surface area contributed by atoms with Crippen LogP contribution in [0, 0.1) is 5.92 Å². The molecule has 0 aromatic carbocycles. The highest BCUT2D eigenvalue weighted by molar-refractivity contribution is 5.93. The molecule has 2 aliphatic rings. The van der Waals surface area contributed by atoms with Crippen LogP contribution in [0.25, 0.3) is 0 Å². The monoisotopic (exact) mass is 293 g/mol. The number of hydrogen-bond acceptors (Lipinski definition) is 5. The summed E-state index contributed by atoms with van der Waals surface area (Å²) in [5.41, 5.74) is 6.03. The number of carbonyl (C=O) groups excluding carboxylic acids is 1. The Morgan fingerprint density at radius 2 is 2.05 bits per heavy atom. The van der Waals surface area contributed by atoms with Crippen LogP contribution in [0.15, 0.2) is 6.07 Å². The molecule has 2 fully saturated rings. The normalized spacial score (nSPS) is 21.6. The predicted octanol–water partition coefficient (Wildman–Crippen LogP) is 0.176. The Balaban J connectivity index is 1.47. The SMILES string of the molecule is Nc1cc(C(=O)N2CCC(CN3CCOCC3)CC2)[nH]n1. The topological polar surface area (TPSA) is 87.5 Å². The van der Waals surface area contributed by atoms with E-state index in [-0.39, 0.29) is 5.91 Å². The van der Waals surface area contributed by atoms with E-state index in [9.17, 15) is 4.79 Å². The van der Waals surface area contributed by atoms with Crippen LogP contribution in [-0.2, 0) is 4.74 Å².